The molecule has 0 amide bonds. The number of hydrogen-bond acceptors (Lipinski definition) is 1. The van der Waals surface area contributed by atoms with Crippen molar-refractivity contribution >= 4 is 11.8 Å². The van der Waals surface area contributed by atoms with Crippen molar-refractivity contribution in [3.8, 4) is 0 Å². The fraction of sp³-hybridized carbons (Fsp3) is 0.619. The van der Waals surface area contributed by atoms with Crippen LogP contribution in [0.15, 0.2) is 46.9 Å². The van der Waals surface area contributed by atoms with Gasteiger partial charge in [-0.25, -0.2) is 0 Å². The second-order valence-corrected chi connectivity index (χ2v) is 9.69. The Kier molecular flexibility index (Phi) is 4.47. The molecule has 0 aromatic heterocycles. The van der Waals surface area contributed by atoms with Crippen molar-refractivity contribution in [3.63, 3.8) is 0 Å². The zero-order valence-corrected chi connectivity index (χ0v) is 15.4. The summed E-state index contributed by atoms with van der Waals surface area (Å²) >= 11 is 2.00. The fourth-order valence-corrected chi connectivity index (χ4v) is 5.15. The summed E-state index contributed by atoms with van der Waals surface area (Å²) in [5, 5.41) is 0. The van der Waals surface area contributed by atoms with E-state index in [0.717, 1.165) is 11.8 Å². The van der Waals surface area contributed by atoms with Gasteiger partial charge in [-0.2, -0.15) is 0 Å². The minimum absolute atomic E-state index is 0.492. The Bertz CT molecular complexity index is 542. The predicted molar refractivity (Wildman–Crippen MR) is 98.3 cm³/mol. The average Bonchev–Trinajstić information content (AvgIpc) is 3.08. The molecule has 0 heterocycles. The summed E-state index contributed by atoms with van der Waals surface area (Å²) in [6.45, 7) is 9.86. The van der Waals surface area contributed by atoms with Gasteiger partial charge in [0, 0.05) is 4.90 Å². The summed E-state index contributed by atoms with van der Waals surface area (Å²) in [7, 11) is 0. The topological polar surface area (TPSA) is 0 Å². The Labute approximate surface area is 140 Å². The standard InChI is InChI=1S/C21H30S/c1-16(10-11-22-19-8-6-5-7-9-19)17-12-20(2,3)14-18-15-21(18,4)13-17/h5-9,13,16,18H,10-12,14-15H2,1-4H3/t16-,18?,21+/m0/s1. The summed E-state index contributed by atoms with van der Waals surface area (Å²) in [5.74, 6) is 2.90. The smallest absolute Gasteiger partial charge is 0.00719 e. The van der Waals surface area contributed by atoms with Crippen LogP contribution in [-0.4, -0.2) is 5.75 Å². The van der Waals surface area contributed by atoms with Crippen LogP contribution in [0.2, 0.25) is 0 Å². The molecule has 2 aliphatic carbocycles. The largest absolute Gasteiger partial charge is 0.126 e. The summed E-state index contributed by atoms with van der Waals surface area (Å²) < 4.78 is 0. The number of hydrogen-bond donors (Lipinski definition) is 0. The van der Waals surface area contributed by atoms with Gasteiger partial charge in [-0.05, 0) is 66.2 Å². The van der Waals surface area contributed by atoms with Crippen molar-refractivity contribution in [1.82, 2.24) is 0 Å². The SMILES string of the molecule is C[C@@H](CCSc1ccccc1)C1=C[C@]2(C)CC2CC(C)(C)C1. The molecule has 3 atom stereocenters. The van der Waals surface area contributed by atoms with Gasteiger partial charge in [-0.15, -0.1) is 11.8 Å². The minimum Gasteiger partial charge on any atom is -0.126 e. The molecule has 0 radical (unpaired) electrons. The first kappa shape index (κ1) is 16.2. The first-order valence-electron chi connectivity index (χ1n) is 8.77. The van der Waals surface area contributed by atoms with Gasteiger partial charge in [0.1, 0.15) is 0 Å². The number of fused-ring (bicyclic) bond motifs is 1. The van der Waals surface area contributed by atoms with Gasteiger partial charge < -0.3 is 0 Å². The maximum atomic E-state index is 2.67. The van der Waals surface area contributed by atoms with Crippen molar-refractivity contribution in [2.75, 3.05) is 5.75 Å². The molecule has 0 N–H and O–H groups in total. The highest BCUT2D eigenvalue weighted by atomic mass is 32.2. The minimum atomic E-state index is 0.492. The second-order valence-electron chi connectivity index (χ2n) is 8.52. The first-order valence-corrected chi connectivity index (χ1v) is 9.76. The number of thioether (sulfide) groups is 1. The molecule has 0 bridgehead atoms. The van der Waals surface area contributed by atoms with Crippen LogP contribution in [0.5, 0.6) is 0 Å². The van der Waals surface area contributed by atoms with E-state index < -0.39 is 0 Å². The Morgan fingerprint density at radius 2 is 1.86 bits per heavy atom. The Morgan fingerprint density at radius 1 is 1.14 bits per heavy atom. The molecule has 120 valence electrons. The Hall–Kier alpha value is -0.690. The number of rotatable bonds is 5. The molecule has 0 aliphatic heterocycles. The monoisotopic (exact) mass is 314 g/mol. The highest BCUT2D eigenvalue weighted by molar-refractivity contribution is 7.99. The lowest BCUT2D eigenvalue weighted by Gasteiger charge is -2.27. The summed E-state index contributed by atoms with van der Waals surface area (Å²) in [6.07, 6.45) is 8.10. The highest BCUT2D eigenvalue weighted by Crippen LogP contribution is 2.62. The van der Waals surface area contributed by atoms with E-state index in [1.807, 2.05) is 11.8 Å². The Balaban J connectivity index is 1.59. The molecule has 1 unspecified atom stereocenters. The zero-order valence-electron chi connectivity index (χ0n) is 14.6. The van der Waals surface area contributed by atoms with Gasteiger partial charge >= 0.3 is 0 Å². The molecule has 0 nitrogen and oxygen atoms in total. The van der Waals surface area contributed by atoms with Gasteiger partial charge in [-0.3, -0.25) is 0 Å². The molecule has 1 fully saturated rings. The molecule has 1 saturated carbocycles. The van der Waals surface area contributed by atoms with Gasteiger partial charge in [0.25, 0.3) is 0 Å². The third-order valence-corrected chi connectivity index (χ3v) is 6.70. The van der Waals surface area contributed by atoms with E-state index in [1.165, 1.54) is 36.3 Å². The molecule has 1 aromatic carbocycles. The van der Waals surface area contributed by atoms with Crippen LogP contribution in [-0.2, 0) is 0 Å². The van der Waals surface area contributed by atoms with E-state index in [2.05, 4.69) is 64.1 Å². The Morgan fingerprint density at radius 3 is 2.59 bits per heavy atom. The first-order chi connectivity index (χ1) is 10.4. The van der Waals surface area contributed by atoms with Gasteiger partial charge in [0.2, 0.25) is 0 Å². The molecule has 22 heavy (non-hydrogen) atoms. The lowest BCUT2D eigenvalue weighted by molar-refractivity contribution is 0.300. The summed E-state index contributed by atoms with van der Waals surface area (Å²) in [6, 6.07) is 10.8. The second kappa shape index (κ2) is 6.07. The number of allylic oxidation sites excluding steroid dienone is 2. The highest BCUT2D eigenvalue weighted by Gasteiger charge is 2.52. The van der Waals surface area contributed by atoms with E-state index in [1.54, 1.807) is 5.57 Å². The fourth-order valence-electron chi connectivity index (χ4n) is 4.09. The normalized spacial score (nSPS) is 30.9. The van der Waals surface area contributed by atoms with Crippen molar-refractivity contribution in [1.29, 1.82) is 0 Å². The van der Waals surface area contributed by atoms with Crippen LogP contribution in [0.4, 0.5) is 0 Å². The van der Waals surface area contributed by atoms with Gasteiger partial charge in [-0.1, -0.05) is 57.5 Å². The van der Waals surface area contributed by atoms with E-state index in [4.69, 9.17) is 0 Å². The van der Waals surface area contributed by atoms with Crippen LogP contribution in [0.1, 0.15) is 53.4 Å². The van der Waals surface area contributed by atoms with E-state index in [-0.39, 0.29) is 0 Å². The maximum Gasteiger partial charge on any atom is 0.00719 e. The third kappa shape index (κ3) is 3.79. The van der Waals surface area contributed by atoms with Crippen molar-refractivity contribution < 1.29 is 0 Å². The molecular formula is C21H30S. The molecule has 2 aliphatic rings. The molecular weight excluding hydrogens is 284 g/mol. The lowest BCUT2D eigenvalue weighted by Crippen LogP contribution is -2.15. The molecule has 0 spiro atoms. The quantitative estimate of drug-likeness (QED) is 0.437. The van der Waals surface area contributed by atoms with Crippen LogP contribution < -0.4 is 0 Å². The van der Waals surface area contributed by atoms with Crippen molar-refractivity contribution in [2.24, 2.45) is 22.7 Å². The van der Waals surface area contributed by atoms with Gasteiger partial charge in [0.15, 0.2) is 0 Å². The lowest BCUT2D eigenvalue weighted by atomic mass is 9.79. The van der Waals surface area contributed by atoms with E-state index >= 15 is 0 Å². The number of benzene rings is 1. The predicted octanol–water partition coefficient (Wildman–Crippen LogP) is 6.58. The van der Waals surface area contributed by atoms with E-state index in [0.29, 0.717) is 10.8 Å². The van der Waals surface area contributed by atoms with Crippen molar-refractivity contribution in [2.45, 2.75) is 58.3 Å². The summed E-state index contributed by atoms with van der Waals surface area (Å²) in [5.41, 5.74) is 2.76. The van der Waals surface area contributed by atoms with Crippen LogP contribution in [0.3, 0.4) is 0 Å². The average molecular weight is 315 g/mol. The molecule has 0 saturated heterocycles. The summed E-state index contributed by atoms with van der Waals surface area (Å²) in [4.78, 5) is 1.40. The zero-order chi connectivity index (χ0) is 15.8. The third-order valence-electron chi connectivity index (χ3n) is 5.65. The van der Waals surface area contributed by atoms with E-state index in [9.17, 15) is 0 Å². The van der Waals surface area contributed by atoms with Crippen LogP contribution in [0, 0.1) is 22.7 Å². The molecule has 1 heteroatoms. The molecule has 3 rings (SSSR count). The maximum absolute atomic E-state index is 2.67. The van der Waals surface area contributed by atoms with Crippen molar-refractivity contribution in [3.05, 3.63) is 42.0 Å². The molecule has 1 aromatic rings. The van der Waals surface area contributed by atoms with Gasteiger partial charge in [0.05, 0.1) is 0 Å². The van der Waals surface area contributed by atoms with Crippen LogP contribution in [0.25, 0.3) is 0 Å². The van der Waals surface area contributed by atoms with Crippen LogP contribution >= 0.6 is 11.8 Å².